The first kappa shape index (κ1) is 11.6. The zero-order chi connectivity index (χ0) is 12.4. The second-order valence-corrected chi connectivity index (χ2v) is 4.26. The average molecular weight is 237 g/mol. The minimum absolute atomic E-state index is 0.00662. The molecular formula is C10H15N5O2. The van der Waals surface area contributed by atoms with Gasteiger partial charge in [-0.3, -0.25) is 10.1 Å². The van der Waals surface area contributed by atoms with E-state index in [4.69, 9.17) is 5.84 Å². The third kappa shape index (κ3) is 2.62. The van der Waals surface area contributed by atoms with Gasteiger partial charge < -0.3 is 10.3 Å². The zero-order valence-electron chi connectivity index (χ0n) is 9.59. The fraction of sp³-hybridized carbons (Fsp3) is 0.500. The van der Waals surface area contributed by atoms with Gasteiger partial charge in [-0.25, -0.2) is 10.8 Å². The lowest BCUT2D eigenvalue weighted by molar-refractivity contribution is -0.384. The third-order valence-electron chi connectivity index (χ3n) is 2.79. The smallest absolute Gasteiger partial charge is 0.311 e. The Bertz CT molecular complexity index is 433. The highest BCUT2D eigenvalue weighted by atomic mass is 16.6. The minimum Gasteiger partial charge on any atom is -0.354 e. The second kappa shape index (κ2) is 4.54. The molecular weight excluding hydrogens is 222 g/mol. The van der Waals surface area contributed by atoms with Crippen LogP contribution in [0.3, 0.4) is 0 Å². The number of anilines is 2. The number of nitro groups is 1. The fourth-order valence-electron chi connectivity index (χ4n) is 1.72. The molecule has 0 unspecified atom stereocenters. The molecule has 0 radical (unpaired) electrons. The maximum atomic E-state index is 10.9. The van der Waals surface area contributed by atoms with E-state index in [1.165, 1.54) is 25.0 Å². The van der Waals surface area contributed by atoms with Crippen molar-refractivity contribution in [3.05, 3.63) is 22.2 Å². The molecule has 0 amide bonds. The Hall–Kier alpha value is -1.89. The second-order valence-electron chi connectivity index (χ2n) is 4.26. The molecule has 92 valence electrons. The van der Waals surface area contributed by atoms with Crippen LogP contribution in [0.4, 0.5) is 17.3 Å². The van der Waals surface area contributed by atoms with Gasteiger partial charge in [-0.1, -0.05) is 0 Å². The number of hydrazine groups is 1. The van der Waals surface area contributed by atoms with E-state index in [9.17, 15) is 10.1 Å². The van der Waals surface area contributed by atoms with Crippen LogP contribution in [0.1, 0.15) is 12.8 Å². The molecule has 0 aromatic carbocycles. The highest BCUT2D eigenvalue weighted by molar-refractivity contribution is 5.61. The van der Waals surface area contributed by atoms with Gasteiger partial charge in [0.15, 0.2) is 0 Å². The van der Waals surface area contributed by atoms with E-state index < -0.39 is 4.92 Å². The molecule has 17 heavy (non-hydrogen) atoms. The highest BCUT2D eigenvalue weighted by Gasteiger charge is 2.26. The van der Waals surface area contributed by atoms with Crippen LogP contribution in [0, 0.1) is 16.0 Å². The molecule has 1 aliphatic carbocycles. The number of hydrogen-bond acceptors (Lipinski definition) is 6. The van der Waals surface area contributed by atoms with Crippen molar-refractivity contribution in [2.75, 3.05) is 23.9 Å². The molecule has 0 atom stereocenters. The van der Waals surface area contributed by atoms with E-state index in [1.54, 1.807) is 0 Å². The van der Waals surface area contributed by atoms with Crippen molar-refractivity contribution in [3.8, 4) is 0 Å². The van der Waals surface area contributed by atoms with Crippen molar-refractivity contribution in [2.24, 2.45) is 11.8 Å². The van der Waals surface area contributed by atoms with Crippen LogP contribution in [0.5, 0.6) is 0 Å². The molecule has 3 N–H and O–H groups in total. The number of nitrogens with one attached hydrogen (secondary N) is 1. The van der Waals surface area contributed by atoms with Crippen molar-refractivity contribution < 1.29 is 4.92 Å². The number of nitrogens with two attached hydrogens (primary N) is 1. The van der Waals surface area contributed by atoms with Gasteiger partial charge >= 0.3 is 5.69 Å². The van der Waals surface area contributed by atoms with E-state index >= 15 is 0 Å². The van der Waals surface area contributed by atoms with Gasteiger partial charge in [-0.05, 0) is 24.8 Å². The lowest BCUT2D eigenvalue weighted by Crippen LogP contribution is -2.23. The molecule has 7 nitrogen and oxygen atoms in total. The predicted molar refractivity (Wildman–Crippen MR) is 64.7 cm³/mol. The number of nitrogens with zero attached hydrogens (tertiary/aromatic N) is 3. The fourth-order valence-corrected chi connectivity index (χ4v) is 1.72. The van der Waals surface area contributed by atoms with Crippen molar-refractivity contribution in [1.29, 1.82) is 0 Å². The van der Waals surface area contributed by atoms with Crippen LogP contribution >= 0.6 is 0 Å². The average Bonchev–Trinajstić information content (AvgIpc) is 3.11. The Morgan fingerprint density at radius 2 is 2.35 bits per heavy atom. The largest absolute Gasteiger partial charge is 0.354 e. The van der Waals surface area contributed by atoms with E-state index in [0.29, 0.717) is 17.6 Å². The van der Waals surface area contributed by atoms with Gasteiger partial charge in [0.05, 0.1) is 4.92 Å². The van der Waals surface area contributed by atoms with Crippen molar-refractivity contribution >= 4 is 17.3 Å². The Balaban J connectivity index is 2.29. The Kier molecular flexibility index (Phi) is 3.10. The summed E-state index contributed by atoms with van der Waals surface area (Å²) >= 11 is 0. The Morgan fingerprint density at radius 1 is 1.65 bits per heavy atom. The zero-order valence-corrected chi connectivity index (χ0v) is 9.59. The van der Waals surface area contributed by atoms with Crippen LogP contribution in [-0.4, -0.2) is 23.5 Å². The van der Waals surface area contributed by atoms with Gasteiger partial charge in [0.1, 0.15) is 5.82 Å². The topological polar surface area (TPSA) is 97.3 Å². The summed E-state index contributed by atoms with van der Waals surface area (Å²) in [5.41, 5.74) is 2.40. The lowest BCUT2D eigenvalue weighted by atomic mass is 10.3. The van der Waals surface area contributed by atoms with Gasteiger partial charge in [-0.2, -0.15) is 0 Å². The summed E-state index contributed by atoms with van der Waals surface area (Å²) < 4.78 is 0. The summed E-state index contributed by atoms with van der Waals surface area (Å²) in [4.78, 5) is 16.4. The van der Waals surface area contributed by atoms with Crippen LogP contribution < -0.4 is 16.2 Å². The summed E-state index contributed by atoms with van der Waals surface area (Å²) in [6.45, 7) is 0.794. The number of rotatable bonds is 5. The molecule has 1 aromatic rings. The van der Waals surface area contributed by atoms with Gasteiger partial charge in [0.2, 0.25) is 5.82 Å². The third-order valence-corrected chi connectivity index (χ3v) is 2.79. The molecule has 0 spiro atoms. The number of hydrogen-bond donors (Lipinski definition) is 2. The maximum Gasteiger partial charge on any atom is 0.311 e. The normalized spacial score (nSPS) is 14.5. The van der Waals surface area contributed by atoms with Crippen molar-refractivity contribution in [2.45, 2.75) is 12.8 Å². The van der Waals surface area contributed by atoms with Gasteiger partial charge in [0, 0.05) is 19.7 Å². The van der Waals surface area contributed by atoms with Crippen LogP contribution in [0.15, 0.2) is 12.1 Å². The number of pyridine rings is 1. The molecule has 1 aliphatic rings. The first-order chi connectivity index (χ1) is 8.11. The monoisotopic (exact) mass is 237 g/mol. The van der Waals surface area contributed by atoms with Gasteiger partial charge in [-0.15, -0.1) is 0 Å². The Morgan fingerprint density at radius 3 is 2.88 bits per heavy atom. The van der Waals surface area contributed by atoms with Crippen molar-refractivity contribution in [3.63, 3.8) is 0 Å². The first-order valence-electron chi connectivity index (χ1n) is 5.45. The maximum absolute atomic E-state index is 10.9. The summed E-state index contributed by atoms with van der Waals surface area (Å²) in [5, 5.41) is 10.9. The summed E-state index contributed by atoms with van der Waals surface area (Å²) in [7, 11) is 1.81. The summed E-state index contributed by atoms with van der Waals surface area (Å²) in [6.07, 6.45) is 2.37. The van der Waals surface area contributed by atoms with Gasteiger partial charge in [0.25, 0.3) is 0 Å². The summed E-state index contributed by atoms with van der Waals surface area (Å²) in [5.74, 6) is 6.68. The molecule has 1 aromatic heterocycles. The van der Waals surface area contributed by atoms with E-state index in [0.717, 1.165) is 6.54 Å². The van der Waals surface area contributed by atoms with E-state index in [-0.39, 0.29) is 5.69 Å². The minimum atomic E-state index is -0.425. The highest BCUT2D eigenvalue weighted by Crippen LogP contribution is 2.33. The Labute approximate surface area is 98.7 Å². The lowest BCUT2D eigenvalue weighted by Gasteiger charge is -2.18. The van der Waals surface area contributed by atoms with E-state index in [2.05, 4.69) is 10.4 Å². The van der Waals surface area contributed by atoms with Crippen molar-refractivity contribution in [1.82, 2.24) is 4.98 Å². The van der Waals surface area contributed by atoms with E-state index in [1.807, 2.05) is 11.9 Å². The molecule has 0 bridgehead atoms. The predicted octanol–water partition coefficient (Wildman–Crippen LogP) is 1.12. The SMILES string of the molecule is CN(CC1CC1)c1nc(NN)ccc1[N+](=O)[O-]. The first-order valence-corrected chi connectivity index (χ1v) is 5.45. The molecule has 1 heterocycles. The molecule has 1 saturated carbocycles. The molecule has 7 heteroatoms. The molecule has 0 saturated heterocycles. The molecule has 2 rings (SSSR count). The molecule has 0 aliphatic heterocycles. The molecule has 1 fully saturated rings. The summed E-state index contributed by atoms with van der Waals surface area (Å²) in [6, 6.07) is 2.91. The number of aromatic nitrogens is 1. The quantitative estimate of drug-likeness (QED) is 0.452. The van der Waals surface area contributed by atoms with Crippen LogP contribution in [0.2, 0.25) is 0 Å². The number of nitrogen functional groups attached to an aromatic ring is 1. The van der Waals surface area contributed by atoms with Crippen LogP contribution in [0.25, 0.3) is 0 Å². The standard InChI is InChI=1S/C10H15N5O2/c1-14(6-7-2-3-7)10-8(15(16)17)4-5-9(12-10)13-11/h4-5,7H,2-3,6,11H2,1H3,(H,12,13). The van der Waals surface area contributed by atoms with Crippen LogP contribution in [-0.2, 0) is 0 Å².